The predicted octanol–water partition coefficient (Wildman–Crippen LogP) is 3.83. The number of hydrogen-bond donors (Lipinski definition) is 2. The maximum Gasteiger partial charge on any atom is 0.324 e. The first-order valence-electron chi connectivity index (χ1n) is 7.76. The SMILES string of the molecule is C[C@@H](C1CC1)n1cc(NC(=O)Nc2scnc2C2CC2)cn1. The van der Waals surface area contributed by atoms with E-state index >= 15 is 0 Å². The van der Waals surface area contributed by atoms with Crippen molar-refractivity contribution in [2.24, 2.45) is 5.92 Å². The molecule has 1 atom stereocenters. The van der Waals surface area contributed by atoms with Crippen LogP contribution in [-0.4, -0.2) is 20.8 Å². The van der Waals surface area contributed by atoms with Crippen molar-refractivity contribution in [3.05, 3.63) is 23.6 Å². The second kappa shape index (κ2) is 5.39. The minimum absolute atomic E-state index is 0.232. The van der Waals surface area contributed by atoms with E-state index in [1.807, 2.05) is 10.9 Å². The average Bonchev–Trinajstić information content (AvgIpc) is 3.42. The number of thiazole rings is 1. The molecule has 2 aliphatic carbocycles. The smallest absolute Gasteiger partial charge is 0.305 e. The molecular weight excluding hydrogens is 298 g/mol. The van der Waals surface area contributed by atoms with Gasteiger partial charge in [-0.15, -0.1) is 11.3 Å². The minimum atomic E-state index is -0.232. The van der Waals surface area contributed by atoms with Gasteiger partial charge in [-0.2, -0.15) is 5.10 Å². The number of carbonyl (C=O) groups excluding carboxylic acids is 1. The van der Waals surface area contributed by atoms with Gasteiger partial charge in [0, 0.05) is 12.1 Å². The number of rotatable bonds is 5. The van der Waals surface area contributed by atoms with Crippen LogP contribution in [0.4, 0.5) is 15.5 Å². The third-order valence-corrected chi connectivity index (χ3v) is 5.12. The quantitative estimate of drug-likeness (QED) is 0.880. The molecule has 0 saturated heterocycles. The molecule has 0 radical (unpaired) electrons. The maximum atomic E-state index is 12.1. The van der Waals surface area contributed by atoms with Crippen molar-refractivity contribution in [3.63, 3.8) is 0 Å². The molecule has 0 bridgehead atoms. The van der Waals surface area contributed by atoms with E-state index in [9.17, 15) is 4.79 Å². The Morgan fingerprint density at radius 1 is 1.36 bits per heavy atom. The van der Waals surface area contributed by atoms with Gasteiger partial charge < -0.3 is 5.32 Å². The molecule has 2 aromatic heterocycles. The van der Waals surface area contributed by atoms with Crippen LogP contribution in [0.15, 0.2) is 17.9 Å². The van der Waals surface area contributed by atoms with Gasteiger partial charge in [0.2, 0.25) is 0 Å². The molecule has 4 rings (SSSR count). The van der Waals surface area contributed by atoms with Crippen molar-refractivity contribution < 1.29 is 4.79 Å². The van der Waals surface area contributed by atoms with E-state index in [2.05, 4.69) is 27.6 Å². The highest BCUT2D eigenvalue weighted by molar-refractivity contribution is 7.14. The van der Waals surface area contributed by atoms with E-state index in [4.69, 9.17) is 0 Å². The lowest BCUT2D eigenvalue weighted by atomic mass is 10.2. The second-order valence-electron chi connectivity index (χ2n) is 6.21. The standard InChI is InChI=1S/C15H19N5OS/c1-9(10-2-3-10)20-7-12(6-17-20)18-15(21)19-14-13(11-4-5-11)16-8-22-14/h6-11H,2-5H2,1H3,(H2,18,19,21)/t9-/m0/s1. The van der Waals surface area contributed by atoms with Gasteiger partial charge in [-0.05, 0) is 38.5 Å². The van der Waals surface area contributed by atoms with Crippen LogP contribution >= 0.6 is 11.3 Å². The summed E-state index contributed by atoms with van der Waals surface area (Å²) in [4.78, 5) is 16.5. The van der Waals surface area contributed by atoms with Gasteiger partial charge in [0.05, 0.1) is 29.1 Å². The molecule has 2 aromatic rings. The number of urea groups is 1. The highest BCUT2D eigenvalue weighted by Crippen LogP contribution is 2.44. The maximum absolute atomic E-state index is 12.1. The molecule has 0 spiro atoms. The molecular formula is C15H19N5OS. The number of amides is 2. The normalized spacial score (nSPS) is 19.0. The summed E-state index contributed by atoms with van der Waals surface area (Å²) >= 11 is 1.48. The first kappa shape index (κ1) is 13.8. The monoisotopic (exact) mass is 317 g/mol. The van der Waals surface area contributed by atoms with E-state index in [0.717, 1.165) is 22.3 Å². The molecule has 2 amide bonds. The Morgan fingerprint density at radius 2 is 2.18 bits per heavy atom. The predicted molar refractivity (Wildman–Crippen MR) is 86.4 cm³/mol. The fourth-order valence-corrected chi connectivity index (χ4v) is 3.44. The van der Waals surface area contributed by atoms with Crippen molar-refractivity contribution in [3.8, 4) is 0 Å². The van der Waals surface area contributed by atoms with E-state index in [1.54, 1.807) is 11.7 Å². The van der Waals surface area contributed by atoms with Crippen molar-refractivity contribution >= 4 is 28.1 Å². The number of aromatic nitrogens is 3. The zero-order valence-electron chi connectivity index (χ0n) is 12.5. The molecule has 22 heavy (non-hydrogen) atoms. The van der Waals surface area contributed by atoms with Gasteiger partial charge in [-0.3, -0.25) is 10.00 Å². The molecule has 0 aliphatic heterocycles. The summed E-state index contributed by atoms with van der Waals surface area (Å²) in [7, 11) is 0. The van der Waals surface area contributed by atoms with Gasteiger partial charge in [0.1, 0.15) is 5.00 Å². The Morgan fingerprint density at radius 3 is 2.91 bits per heavy atom. The summed E-state index contributed by atoms with van der Waals surface area (Å²) in [6.07, 6.45) is 8.50. The number of anilines is 2. The molecule has 7 heteroatoms. The number of nitrogens with one attached hydrogen (secondary N) is 2. The largest absolute Gasteiger partial charge is 0.324 e. The fraction of sp³-hybridized carbons (Fsp3) is 0.533. The van der Waals surface area contributed by atoms with Crippen molar-refractivity contribution in [1.29, 1.82) is 0 Å². The van der Waals surface area contributed by atoms with Gasteiger partial charge in [-0.25, -0.2) is 9.78 Å². The minimum Gasteiger partial charge on any atom is -0.305 e. The van der Waals surface area contributed by atoms with Crippen LogP contribution < -0.4 is 10.6 Å². The van der Waals surface area contributed by atoms with Gasteiger partial charge in [0.25, 0.3) is 0 Å². The van der Waals surface area contributed by atoms with Crippen molar-refractivity contribution in [2.45, 2.75) is 44.6 Å². The lowest BCUT2D eigenvalue weighted by Gasteiger charge is -2.09. The van der Waals surface area contributed by atoms with Crippen molar-refractivity contribution in [1.82, 2.24) is 14.8 Å². The van der Waals surface area contributed by atoms with E-state index in [0.29, 0.717) is 12.0 Å². The average molecular weight is 317 g/mol. The fourth-order valence-electron chi connectivity index (χ4n) is 2.68. The van der Waals surface area contributed by atoms with Crippen LogP contribution in [0, 0.1) is 5.92 Å². The van der Waals surface area contributed by atoms with Crippen LogP contribution in [0.2, 0.25) is 0 Å². The molecule has 6 nitrogen and oxygen atoms in total. The zero-order chi connectivity index (χ0) is 15.1. The highest BCUT2D eigenvalue weighted by atomic mass is 32.1. The summed E-state index contributed by atoms with van der Waals surface area (Å²) in [5.74, 6) is 1.27. The topological polar surface area (TPSA) is 71.8 Å². The van der Waals surface area contributed by atoms with Crippen LogP contribution in [0.5, 0.6) is 0 Å². The Balaban J connectivity index is 1.38. The summed E-state index contributed by atoms with van der Waals surface area (Å²) in [6.45, 7) is 2.17. The molecule has 0 unspecified atom stereocenters. The first-order valence-corrected chi connectivity index (χ1v) is 8.64. The van der Waals surface area contributed by atoms with Gasteiger partial charge in [-0.1, -0.05) is 0 Å². The third kappa shape index (κ3) is 2.85. The van der Waals surface area contributed by atoms with Crippen LogP contribution in [0.3, 0.4) is 0 Å². The molecule has 2 fully saturated rings. The van der Waals surface area contributed by atoms with E-state index in [1.165, 1.54) is 37.0 Å². The molecule has 116 valence electrons. The second-order valence-corrected chi connectivity index (χ2v) is 7.06. The Hall–Kier alpha value is -1.89. The molecule has 0 aromatic carbocycles. The lowest BCUT2D eigenvalue weighted by Crippen LogP contribution is -2.19. The number of hydrogen-bond acceptors (Lipinski definition) is 4. The lowest BCUT2D eigenvalue weighted by molar-refractivity contribution is 0.262. The summed E-state index contributed by atoms with van der Waals surface area (Å²) in [6, 6.07) is 0.173. The zero-order valence-corrected chi connectivity index (χ0v) is 13.3. The Bertz CT molecular complexity index is 686. The highest BCUT2D eigenvalue weighted by Gasteiger charge is 2.30. The third-order valence-electron chi connectivity index (χ3n) is 4.37. The molecule has 2 saturated carbocycles. The Labute approximate surface area is 132 Å². The molecule has 2 N–H and O–H groups in total. The van der Waals surface area contributed by atoms with E-state index in [-0.39, 0.29) is 6.03 Å². The van der Waals surface area contributed by atoms with E-state index < -0.39 is 0 Å². The van der Waals surface area contributed by atoms with Gasteiger partial charge in [0.15, 0.2) is 0 Å². The summed E-state index contributed by atoms with van der Waals surface area (Å²) < 4.78 is 1.94. The van der Waals surface area contributed by atoms with Gasteiger partial charge >= 0.3 is 6.03 Å². The summed E-state index contributed by atoms with van der Waals surface area (Å²) in [5, 5.41) is 11.0. The van der Waals surface area contributed by atoms with Crippen LogP contribution in [0.1, 0.15) is 50.3 Å². The van der Waals surface area contributed by atoms with Crippen LogP contribution in [0.25, 0.3) is 0 Å². The Kier molecular flexibility index (Phi) is 3.37. The number of carbonyl (C=O) groups is 1. The first-order chi connectivity index (χ1) is 10.7. The van der Waals surface area contributed by atoms with Crippen molar-refractivity contribution in [2.75, 3.05) is 10.6 Å². The molecule has 2 heterocycles. The van der Waals surface area contributed by atoms with Crippen LogP contribution in [-0.2, 0) is 0 Å². The molecule has 2 aliphatic rings. The number of nitrogens with zero attached hydrogens (tertiary/aromatic N) is 3. The summed E-state index contributed by atoms with van der Waals surface area (Å²) in [5.41, 5.74) is 3.54.